The Balaban J connectivity index is 1.21. The molecule has 1 atom stereocenters. The molecule has 0 spiro atoms. The first-order chi connectivity index (χ1) is 32.8. The largest absolute Gasteiger partial charge is 0.310 e. The van der Waals surface area contributed by atoms with Crippen LogP contribution in [0.1, 0.15) is 29.1 Å². The van der Waals surface area contributed by atoms with E-state index in [0.29, 0.717) is 0 Å². The van der Waals surface area contributed by atoms with Gasteiger partial charge in [0, 0.05) is 54.0 Å². The van der Waals surface area contributed by atoms with Crippen molar-refractivity contribution in [3.05, 3.63) is 265 Å². The van der Waals surface area contributed by atoms with E-state index in [-0.39, 0.29) is 29.7 Å². The third-order valence-corrected chi connectivity index (χ3v) is 13.5. The van der Waals surface area contributed by atoms with Crippen molar-refractivity contribution in [3.8, 4) is 11.1 Å². The smallest absolute Gasteiger partial charge is 0.0713 e. The SMILES string of the molecule is [2H]c1c([2H])c([2H])c(C2(c3ccc4sc5ccccc5c4c3)c3ccc(N(c4ccccc4)c4ccccc4)cc3-c3cc(N(c4ccccc4)c4cccc5ccccc45)ccc32)c([2H])c1[2H]. The lowest BCUT2D eigenvalue weighted by Gasteiger charge is -2.34. The van der Waals surface area contributed by atoms with Gasteiger partial charge in [0.05, 0.1) is 18.0 Å². The highest BCUT2D eigenvalue weighted by atomic mass is 32.1. The molecule has 1 unspecified atom stereocenters. The van der Waals surface area contributed by atoms with Crippen molar-refractivity contribution in [1.29, 1.82) is 0 Å². The molecule has 62 heavy (non-hydrogen) atoms. The van der Waals surface area contributed by atoms with Gasteiger partial charge in [-0.1, -0.05) is 158 Å². The maximum absolute atomic E-state index is 9.78. The molecule has 11 aromatic rings. The summed E-state index contributed by atoms with van der Waals surface area (Å²) in [5.74, 6) is 0. The van der Waals surface area contributed by atoms with Crippen molar-refractivity contribution in [2.45, 2.75) is 5.41 Å². The van der Waals surface area contributed by atoms with E-state index in [0.717, 1.165) is 92.9 Å². The highest BCUT2D eigenvalue weighted by molar-refractivity contribution is 7.25. The Hall–Kier alpha value is -7.72. The van der Waals surface area contributed by atoms with Crippen LogP contribution in [0, 0.1) is 0 Å². The fraction of sp³-hybridized carbons (Fsp3) is 0.0169. The van der Waals surface area contributed by atoms with Crippen LogP contribution in [0.4, 0.5) is 34.1 Å². The van der Waals surface area contributed by atoms with Crippen molar-refractivity contribution in [2.24, 2.45) is 0 Å². The quantitative estimate of drug-likeness (QED) is 0.151. The molecule has 10 aromatic carbocycles. The summed E-state index contributed by atoms with van der Waals surface area (Å²) in [5.41, 5.74) is 8.96. The van der Waals surface area contributed by atoms with E-state index >= 15 is 0 Å². The lowest BCUT2D eigenvalue weighted by molar-refractivity contribution is 0.770. The van der Waals surface area contributed by atoms with Crippen LogP contribution < -0.4 is 9.80 Å². The Morgan fingerprint density at radius 3 is 1.56 bits per heavy atom. The van der Waals surface area contributed by atoms with Crippen molar-refractivity contribution in [1.82, 2.24) is 0 Å². The van der Waals surface area contributed by atoms with Gasteiger partial charge in [-0.05, 0) is 124 Å². The van der Waals surface area contributed by atoms with E-state index < -0.39 is 11.5 Å². The van der Waals surface area contributed by atoms with Gasteiger partial charge >= 0.3 is 0 Å². The molecule has 0 saturated carbocycles. The van der Waals surface area contributed by atoms with Crippen LogP contribution in [-0.4, -0.2) is 0 Å². The van der Waals surface area contributed by atoms with Crippen molar-refractivity contribution in [2.75, 3.05) is 9.80 Å². The maximum Gasteiger partial charge on any atom is 0.0713 e. The zero-order valence-electron chi connectivity index (χ0n) is 38.5. The Bertz CT molecular complexity index is 3650. The molecule has 12 rings (SSSR count). The van der Waals surface area contributed by atoms with E-state index in [1.807, 2.05) is 42.5 Å². The third kappa shape index (κ3) is 5.70. The number of hydrogen-bond donors (Lipinski definition) is 0. The molecule has 0 fully saturated rings. The highest BCUT2D eigenvalue weighted by Crippen LogP contribution is 2.59. The van der Waals surface area contributed by atoms with E-state index in [2.05, 4.69) is 180 Å². The number of hydrogen-bond acceptors (Lipinski definition) is 3. The van der Waals surface area contributed by atoms with Crippen LogP contribution in [-0.2, 0) is 5.41 Å². The number of fused-ring (bicyclic) bond motifs is 7. The second kappa shape index (κ2) is 14.8. The summed E-state index contributed by atoms with van der Waals surface area (Å²) in [5, 5.41) is 4.39. The predicted molar refractivity (Wildman–Crippen MR) is 264 cm³/mol. The molecule has 0 amide bonds. The van der Waals surface area contributed by atoms with Gasteiger partial charge in [-0.3, -0.25) is 0 Å². The zero-order chi connectivity index (χ0) is 45.4. The van der Waals surface area contributed by atoms with Crippen LogP contribution in [0.15, 0.2) is 243 Å². The molecule has 1 heterocycles. The number of para-hydroxylation sites is 3. The van der Waals surface area contributed by atoms with E-state index in [9.17, 15) is 2.74 Å². The van der Waals surface area contributed by atoms with E-state index in [1.54, 1.807) is 11.3 Å². The molecule has 0 radical (unpaired) electrons. The highest BCUT2D eigenvalue weighted by Gasteiger charge is 2.47. The first kappa shape index (κ1) is 31.2. The van der Waals surface area contributed by atoms with Gasteiger partial charge in [0.15, 0.2) is 0 Å². The first-order valence-corrected chi connectivity index (χ1v) is 21.7. The van der Waals surface area contributed by atoms with E-state index in [1.165, 1.54) is 0 Å². The zero-order valence-corrected chi connectivity index (χ0v) is 34.3. The first-order valence-electron chi connectivity index (χ1n) is 23.3. The lowest BCUT2D eigenvalue weighted by atomic mass is 9.67. The molecule has 2 nitrogen and oxygen atoms in total. The summed E-state index contributed by atoms with van der Waals surface area (Å²) in [6, 6.07) is 71.9. The fourth-order valence-corrected chi connectivity index (χ4v) is 10.8. The molecular formula is C59H40N2S. The molecule has 1 aromatic heterocycles. The summed E-state index contributed by atoms with van der Waals surface area (Å²) in [4.78, 5) is 4.53. The summed E-state index contributed by atoms with van der Waals surface area (Å²) in [7, 11) is 0. The van der Waals surface area contributed by atoms with Gasteiger partial charge in [-0.25, -0.2) is 0 Å². The molecule has 3 heteroatoms. The van der Waals surface area contributed by atoms with Gasteiger partial charge < -0.3 is 9.80 Å². The molecule has 292 valence electrons. The summed E-state index contributed by atoms with van der Waals surface area (Å²) in [6.45, 7) is 0. The number of thiophene rings is 1. The average molecular weight is 814 g/mol. The molecule has 0 saturated heterocycles. The minimum absolute atomic E-state index is 0.217. The maximum atomic E-state index is 9.78. The van der Waals surface area contributed by atoms with Crippen molar-refractivity contribution in [3.63, 3.8) is 0 Å². The second-order valence-electron chi connectivity index (χ2n) is 15.7. The number of anilines is 6. The fourth-order valence-electron chi connectivity index (χ4n) is 9.72. The Kier molecular flexibility index (Phi) is 7.43. The molecule has 0 N–H and O–H groups in total. The predicted octanol–water partition coefficient (Wildman–Crippen LogP) is 16.5. The minimum Gasteiger partial charge on any atom is -0.310 e. The van der Waals surface area contributed by atoms with Crippen molar-refractivity contribution < 1.29 is 6.85 Å². The summed E-state index contributed by atoms with van der Waals surface area (Å²) < 4.78 is 48.9. The molecule has 0 bridgehead atoms. The third-order valence-electron chi connectivity index (χ3n) is 12.4. The minimum atomic E-state index is -1.34. The Morgan fingerprint density at radius 2 is 0.903 bits per heavy atom. The van der Waals surface area contributed by atoms with E-state index in [4.69, 9.17) is 4.11 Å². The Morgan fingerprint density at radius 1 is 0.371 bits per heavy atom. The number of benzene rings is 10. The molecule has 0 aliphatic heterocycles. The van der Waals surface area contributed by atoms with Gasteiger partial charge in [-0.2, -0.15) is 0 Å². The van der Waals surface area contributed by atoms with Crippen LogP contribution in [0.2, 0.25) is 0 Å². The van der Waals surface area contributed by atoms with Crippen LogP contribution >= 0.6 is 11.3 Å². The number of nitrogens with zero attached hydrogens (tertiary/aromatic N) is 2. The lowest BCUT2D eigenvalue weighted by Crippen LogP contribution is -2.28. The molecular weight excluding hydrogens is 769 g/mol. The van der Waals surface area contributed by atoms with Gasteiger partial charge in [0.2, 0.25) is 0 Å². The average Bonchev–Trinajstić information content (AvgIpc) is 3.89. The van der Waals surface area contributed by atoms with Gasteiger partial charge in [0.25, 0.3) is 0 Å². The van der Waals surface area contributed by atoms with Crippen LogP contribution in [0.3, 0.4) is 0 Å². The monoisotopic (exact) mass is 813 g/mol. The molecule has 1 aliphatic rings. The van der Waals surface area contributed by atoms with Gasteiger partial charge in [0.1, 0.15) is 0 Å². The summed E-state index contributed by atoms with van der Waals surface area (Å²) >= 11 is 1.72. The normalized spacial score (nSPS) is 15.3. The standard InChI is InChI=1S/C59H40N2S/c1-5-20-42(21-6-1)59(43-32-37-58-53(38-43)50-29-15-16-31-57(50)62-58)54-35-33-47(60(44-22-7-2-8-23-44)45-24-9-3-10-25-45)39-51(54)52-40-48(34-36-55(52)59)61(46-26-11-4-12-27-46)56-30-17-19-41-18-13-14-28-49(41)56/h1-40H/i1D,5D,6D,20D,21D. The van der Waals surface area contributed by atoms with Crippen molar-refractivity contribution >= 4 is 76.4 Å². The second-order valence-corrected chi connectivity index (χ2v) is 16.8. The van der Waals surface area contributed by atoms with Crippen LogP contribution in [0.25, 0.3) is 42.1 Å². The number of rotatable bonds is 8. The van der Waals surface area contributed by atoms with Gasteiger partial charge in [-0.15, -0.1) is 11.3 Å². The topological polar surface area (TPSA) is 6.48 Å². The summed E-state index contributed by atoms with van der Waals surface area (Å²) in [6.07, 6.45) is 0. The van der Waals surface area contributed by atoms with Crippen LogP contribution in [0.5, 0.6) is 0 Å². The Labute approximate surface area is 372 Å². The molecule has 1 aliphatic carbocycles.